The Morgan fingerprint density at radius 2 is 2.14 bits per heavy atom. The quantitative estimate of drug-likeness (QED) is 0.851. The molecule has 0 bridgehead atoms. The Morgan fingerprint density at radius 1 is 1.33 bits per heavy atom. The highest BCUT2D eigenvalue weighted by atomic mass is 16.5. The minimum Gasteiger partial charge on any atom is -0.496 e. The molecule has 1 aromatic carbocycles. The molecule has 0 aliphatic carbocycles. The van der Waals surface area contributed by atoms with Crippen LogP contribution in [0.1, 0.15) is 43.1 Å². The van der Waals surface area contributed by atoms with Crippen LogP contribution in [-0.2, 0) is 6.54 Å². The second-order valence-corrected chi connectivity index (χ2v) is 5.10. The molecule has 1 N–H and O–H groups in total. The second kappa shape index (κ2) is 7.22. The van der Waals surface area contributed by atoms with Crippen LogP contribution in [0.4, 0.5) is 0 Å². The predicted molar refractivity (Wildman–Crippen MR) is 83.6 cm³/mol. The number of aromatic nitrogens is 3. The van der Waals surface area contributed by atoms with Crippen molar-refractivity contribution in [2.75, 3.05) is 13.7 Å². The summed E-state index contributed by atoms with van der Waals surface area (Å²) in [5.74, 6) is 0.911. The lowest BCUT2D eigenvalue weighted by molar-refractivity contribution is 0.411. The molecule has 21 heavy (non-hydrogen) atoms. The minimum absolute atomic E-state index is 0.0983. The van der Waals surface area contributed by atoms with Crippen molar-refractivity contribution in [1.82, 2.24) is 20.3 Å². The topological polar surface area (TPSA) is 52.0 Å². The van der Waals surface area contributed by atoms with Crippen LogP contribution >= 0.6 is 0 Å². The average molecular weight is 288 g/mol. The maximum Gasteiger partial charge on any atom is 0.121 e. The highest BCUT2D eigenvalue weighted by molar-refractivity contribution is 5.39. The van der Waals surface area contributed by atoms with Crippen LogP contribution in [0.25, 0.3) is 0 Å². The van der Waals surface area contributed by atoms with Crippen LogP contribution in [0.2, 0.25) is 0 Å². The number of nitrogens with zero attached hydrogens (tertiary/aromatic N) is 3. The molecule has 0 aliphatic heterocycles. The van der Waals surface area contributed by atoms with Crippen molar-refractivity contribution in [2.24, 2.45) is 0 Å². The smallest absolute Gasteiger partial charge is 0.121 e. The lowest BCUT2D eigenvalue weighted by Crippen LogP contribution is -2.25. The summed E-state index contributed by atoms with van der Waals surface area (Å²) in [6.45, 7) is 8.08. The predicted octanol–water partition coefficient (Wildman–Crippen LogP) is 2.70. The number of benzene rings is 1. The Balaban J connectivity index is 2.38. The highest BCUT2D eigenvalue weighted by Gasteiger charge is 2.19. The van der Waals surface area contributed by atoms with Gasteiger partial charge in [0.1, 0.15) is 5.75 Å². The van der Waals surface area contributed by atoms with Gasteiger partial charge in [0.05, 0.1) is 25.0 Å². The first-order chi connectivity index (χ1) is 10.2. The lowest BCUT2D eigenvalue weighted by atomic mass is 10.0. The third kappa shape index (κ3) is 3.42. The van der Waals surface area contributed by atoms with E-state index in [0.717, 1.165) is 36.5 Å². The summed E-state index contributed by atoms with van der Waals surface area (Å²) in [7, 11) is 1.70. The summed E-state index contributed by atoms with van der Waals surface area (Å²) < 4.78 is 7.32. The maximum absolute atomic E-state index is 5.34. The van der Waals surface area contributed by atoms with E-state index in [-0.39, 0.29) is 6.04 Å². The third-order valence-electron chi connectivity index (χ3n) is 3.54. The molecule has 1 aromatic heterocycles. The van der Waals surface area contributed by atoms with Crippen molar-refractivity contribution in [2.45, 2.75) is 39.8 Å². The molecule has 1 heterocycles. The monoisotopic (exact) mass is 288 g/mol. The Kier molecular flexibility index (Phi) is 5.33. The van der Waals surface area contributed by atoms with Crippen molar-refractivity contribution in [3.8, 4) is 5.75 Å². The molecule has 5 nitrogen and oxygen atoms in total. The van der Waals surface area contributed by atoms with Gasteiger partial charge in [-0.3, -0.25) is 0 Å². The molecule has 2 aromatic rings. The summed E-state index contributed by atoms with van der Waals surface area (Å²) in [5.41, 5.74) is 3.44. The van der Waals surface area contributed by atoms with E-state index in [9.17, 15) is 0 Å². The van der Waals surface area contributed by atoms with Crippen molar-refractivity contribution in [3.05, 3.63) is 41.2 Å². The first-order valence-electron chi connectivity index (χ1n) is 7.47. The number of aryl methyl sites for hydroxylation is 2. The van der Waals surface area contributed by atoms with Crippen molar-refractivity contribution in [3.63, 3.8) is 0 Å². The fourth-order valence-corrected chi connectivity index (χ4v) is 2.55. The van der Waals surface area contributed by atoms with Gasteiger partial charge in [-0.15, -0.1) is 5.10 Å². The number of nitrogens with one attached hydrogen (secondary N) is 1. The van der Waals surface area contributed by atoms with Crippen LogP contribution in [0, 0.1) is 6.92 Å². The maximum atomic E-state index is 5.34. The summed E-state index contributed by atoms with van der Waals surface area (Å²) in [4.78, 5) is 0. The molecule has 1 unspecified atom stereocenters. The van der Waals surface area contributed by atoms with E-state index < -0.39 is 0 Å². The molecule has 114 valence electrons. The van der Waals surface area contributed by atoms with E-state index >= 15 is 0 Å². The normalized spacial score (nSPS) is 12.4. The van der Waals surface area contributed by atoms with E-state index in [0.29, 0.717) is 0 Å². The zero-order valence-corrected chi connectivity index (χ0v) is 13.3. The van der Waals surface area contributed by atoms with Crippen molar-refractivity contribution < 1.29 is 4.74 Å². The molecular formula is C16H24N4O. The standard InChI is InChI=1S/C16H24N4O/c1-5-9-20-14(11-18-19-20)16(17-6-2)13-7-8-15(21-4)12(3)10-13/h7-8,10-11,16-17H,5-6,9H2,1-4H3. The zero-order valence-electron chi connectivity index (χ0n) is 13.3. The molecule has 0 saturated carbocycles. The van der Waals surface area contributed by atoms with Gasteiger partial charge in [-0.05, 0) is 37.1 Å². The largest absolute Gasteiger partial charge is 0.496 e. The van der Waals surface area contributed by atoms with Crippen molar-refractivity contribution in [1.29, 1.82) is 0 Å². The molecule has 0 radical (unpaired) electrons. The minimum atomic E-state index is 0.0983. The average Bonchev–Trinajstić information content (AvgIpc) is 2.93. The SMILES string of the molecule is CCCn1nncc1C(NCC)c1ccc(OC)c(C)c1. The molecule has 2 rings (SSSR count). The van der Waals surface area contributed by atoms with Gasteiger partial charge in [-0.2, -0.15) is 0 Å². The summed E-state index contributed by atoms with van der Waals surface area (Å²) in [6, 6.07) is 6.38. The number of methoxy groups -OCH3 is 1. The fourth-order valence-electron chi connectivity index (χ4n) is 2.55. The molecule has 0 amide bonds. The second-order valence-electron chi connectivity index (χ2n) is 5.10. The van der Waals surface area contributed by atoms with E-state index in [1.54, 1.807) is 7.11 Å². The van der Waals surface area contributed by atoms with Gasteiger partial charge in [0.2, 0.25) is 0 Å². The summed E-state index contributed by atoms with van der Waals surface area (Å²) in [5, 5.41) is 11.8. The molecular weight excluding hydrogens is 264 g/mol. The zero-order chi connectivity index (χ0) is 15.2. The van der Waals surface area contributed by atoms with Gasteiger partial charge in [-0.1, -0.05) is 31.2 Å². The van der Waals surface area contributed by atoms with Gasteiger partial charge in [-0.25, -0.2) is 4.68 Å². The Bertz CT molecular complexity index is 579. The summed E-state index contributed by atoms with van der Waals surface area (Å²) in [6.07, 6.45) is 2.89. The fraction of sp³-hybridized carbons (Fsp3) is 0.500. The highest BCUT2D eigenvalue weighted by Crippen LogP contribution is 2.26. The van der Waals surface area contributed by atoms with Gasteiger partial charge < -0.3 is 10.1 Å². The van der Waals surface area contributed by atoms with Gasteiger partial charge in [0, 0.05) is 6.54 Å². The molecule has 0 fully saturated rings. The van der Waals surface area contributed by atoms with Crippen LogP contribution in [0.5, 0.6) is 5.75 Å². The first kappa shape index (κ1) is 15.5. The molecule has 5 heteroatoms. The number of ether oxygens (including phenoxy) is 1. The Labute approximate surface area is 126 Å². The third-order valence-corrected chi connectivity index (χ3v) is 3.54. The summed E-state index contributed by atoms with van der Waals surface area (Å²) >= 11 is 0. The van der Waals surface area contributed by atoms with Gasteiger partial charge in [0.15, 0.2) is 0 Å². The van der Waals surface area contributed by atoms with E-state index in [4.69, 9.17) is 4.74 Å². The van der Waals surface area contributed by atoms with E-state index in [1.807, 2.05) is 16.9 Å². The number of rotatable bonds is 7. The molecule has 0 aliphatic rings. The Hall–Kier alpha value is -1.88. The van der Waals surface area contributed by atoms with Gasteiger partial charge in [0.25, 0.3) is 0 Å². The van der Waals surface area contributed by atoms with Crippen molar-refractivity contribution >= 4 is 0 Å². The molecule has 0 spiro atoms. The van der Waals surface area contributed by atoms with E-state index in [2.05, 4.69) is 48.5 Å². The Morgan fingerprint density at radius 3 is 2.76 bits per heavy atom. The molecule has 0 saturated heterocycles. The molecule has 1 atom stereocenters. The van der Waals surface area contributed by atoms with Crippen LogP contribution in [0.15, 0.2) is 24.4 Å². The van der Waals surface area contributed by atoms with Crippen LogP contribution in [0.3, 0.4) is 0 Å². The van der Waals surface area contributed by atoms with Gasteiger partial charge >= 0.3 is 0 Å². The van der Waals surface area contributed by atoms with Crippen LogP contribution < -0.4 is 10.1 Å². The first-order valence-corrected chi connectivity index (χ1v) is 7.47. The lowest BCUT2D eigenvalue weighted by Gasteiger charge is -2.20. The van der Waals surface area contributed by atoms with E-state index in [1.165, 1.54) is 5.56 Å². The number of hydrogen-bond donors (Lipinski definition) is 1. The van der Waals surface area contributed by atoms with Crippen LogP contribution in [-0.4, -0.2) is 28.6 Å². The number of hydrogen-bond acceptors (Lipinski definition) is 4.